The van der Waals surface area contributed by atoms with E-state index in [1.54, 1.807) is 43.5 Å². The van der Waals surface area contributed by atoms with Gasteiger partial charge in [0.05, 0.1) is 5.69 Å². The molecule has 0 bridgehead atoms. The van der Waals surface area contributed by atoms with Gasteiger partial charge in [0.25, 0.3) is 0 Å². The average molecular weight is 329 g/mol. The fourth-order valence-electron chi connectivity index (χ4n) is 2.09. The van der Waals surface area contributed by atoms with Crippen LogP contribution in [0.3, 0.4) is 0 Å². The van der Waals surface area contributed by atoms with Crippen molar-refractivity contribution in [1.29, 1.82) is 0 Å². The Morgan fingerprint density at radius 3 is 3.04 bits per heavy atom. The molecule has 23 heavy (non-hydrogen) atoms. The third-order valence-electron chi connectivity index (χ3n) is 3.24. The van der Waals surface area contributed by atoms with Crippen molar-refractivity contribution in [3.05, 3.63) is 53.9 Å². The van der Waals surface area contributed by atoms with Crippen LogP contribution in [-0.2, 0) is 11.3 Å². The summed E-state index contributed by atoms with van der Waals surface area (Å²) in [5.74, 6) is 0.335. The predicted molar refractivity (Wildman–Crippen MR) is 86.9 cm³/mol. The summed E-state index contributed by atoms with van der Waals surface area (Å²) in [7, 11) is 1.75. The van der Waals surface area contributed by atoms with Crippen LogP contribution in [0.1, 0.15) is 21.6 Å². The van der Waals surface area contributed by atoms with Gasteiger partial charge in [0.1, 0.15) is 29.3 Å². The number of rotatable bonds is 5. The van der Waals surface area contributed by atoms with Gasteiger partial charge in [0, 0.05) is 25.6 Å². The molecule has 0 radical (unpaired) electrons. The Bertz CT molecular complexity index is 813. The average Bonchev–Trinajstić information content (AvgIpc) is 3.22. The first kappa shape index (κ1) is 15.2. The monoisotopic (exact) mass is 329 g/mol. The molecular weight excluding hydrogens is 314 g/mol. The highest BCUT2D eigenvalue weighted by Gasteiger charge is 2.19. The van der Waals surface area contributed by atoms with Crippen molar-refractivity contribution in [2.45, 2.75) is 13.5 Å². The van der Waals surface area contributed by atoms with Crippen molar-refractivity contribution >= 4 is 22.5 Å². The number of nitrogens with one attached hydrogen (secondary N) is 1. The second-order valence-electron chi connectivity index (χ2n) is 4.79. The summed E-state index contributed by atoms with van der Waals surface area (Å²) in [4.78, 5) is 20.5. The number of hydrogen-bond donors (Lipinski definition) is 1. The number of aryl methyl sites for hydroxylation is 1. The molecule has 0 aliphatic heterocycles. The summed E-state index contributed by atoms with van der Waals surface area (Å²) < 4.78 is 11.4. The Kier molecular flexibility index (Phi) is 4.33. The summed E-state index contributed by atoms with van der Waals surface area (Å²) in [6.45, 7) is 1.96. The zero-order valence-electron chi connectivity index (χ0n) is 12.7. The maximum atomic E-state index is 12.3. The topological polar surface area (TPSA) is 81.9 Å². The maximum absolute atomic E-state index is 12.3. The fraction of sp³-hybridized carbons (Fsp3) is 0.200. The van der Waals surface area contributed by atoms with E-state index in [-0.39, 0.29) is 12.6 Å². The molecule has 118 valence electrons. The molecule has 0 saturated carbocycles. The third kappa shape index (κ3) is 3.21. The smallest absolute Gasteiger partial charge is 0.343 e. The van der Waals surface area contributed by atoms with Gasteiger partial charge >= 0.3 is 5.97 Å². The molecule has 0 aromatic carbocycles. The summed E-state index contributed by atoms with van der Waals surface area (Å²) >= 11 is 1.24. The maximum Gasteiger partial charge on any atom is 0.343 e. The lowest BCUT2D eigenvalue weighted by Crippen LogP contribution is -2.08. The lowest BCUT2D eigenvalue weighted by molar-refractivity contribution is 0.0473. The van der Waals surface area contributed by atoms with Crippen LogP contribution in [0, 0.1) is 6.92 Å². The van der Waals surface area contributed by atoms with E-state index in [0.29, 0.717) is 16.3 Å². The Balaban J connectivity index is 1.72. The van der Waals surface area contributed by atoms with E-state index in [1.807, 2.05) is 12.1 Å². The van der Waals surface area contributed by atoms with E-state index < -0.39 is 0 Å². The first-order valence-electron chi connectivity index (χ1n) is 6.93. The van der Waals surface area contributed by atoms with Gasteiger partial charge in [-0.25, -0.2) is 14.8 Å². The zero-order valence-corrected chi connectivity index (χ0v) is 13.5. The molecule has 1 N–H and O–H groups in total. The summed E-state index contributed by atoms with van der Waals surface area (Å²) in [6, 6.07) is 3.66. The number of esters is 1. The number of aromatic nitrogens is 4. The number of pyridine rings is 1. The molecule has 0 saturated heterocycles. The van der Waals surface area contributed by atoms with Gasteiger partial charge in [0.2, 0.25) is 0 Å². The van der Waals surface area contributed by atoms with E-state index in [9.17, 15) is 4.79 Å². The summed E-state index contributed by atoms with van der Waals surface area (Å²) in [5.41, 5.74) is 2.00. The first-order chi connectivity index (χ1) is 11.2. The molecule has 7 nitrogen and oxygen atoms in total. The van der Waals surface area contributed by atoms with Gasteiger partial charge in [-0.2, -0.15) is 4.37 Å². The van der Waals surface area contributed by atoms with E-state index in [2.05, 4.69) is 19.7 Å². The Morgan fingerprint density at radius 2 is 2.30 bits per heavy atom. The van der Waals surface area contributed by atoms with Crippen LogP contribution in [0.15, 0.2) is 37.1 Å². The standard InChI is InChI=1S/C15H15N5O2S/c1-10-13(14(16-2)23-19-10)15(21)22-8-11-3-4-18-12(7-11)20-6-5-17-9-20/h3-7,9,16H,8H2,1-2H3. The molecule has 3 aromatic rings. The Morgan fingerprint density at radius 1 is 1.43 bits per heavy atom. The number of carbonyl (C=O) groups is 1. The molecule has 0 aliphatic carbocycles. The van der Waals surface area contributed by atoms with Gasteiger partial charge < -0.3 is 10.1 Å². The van der Waals surface area contributed by atoms with Crippen molar-refractivity contribution < 1.29 is 9.53 Å². The molecule has 0 fully saturated rings. The highest BCUT2D eigenvalue weighted by Crippen LogP contribution is 2.25. The van der Waals surface area contributed by atoms with Crippen LogP contribution >= 0.6 is 11.5 Å². The molecule has 0 unspecified atom stereocenters. The number of nitrogens with zero attached hydrogens (tertiary/aromatic N) is 4. The normalized spacial score (nSPS) is 10.5. The van der Waals surface area contributed by atoms with Crippen LogP contribution in [0.5, 0.6) is 0 Å². The number of anilines is 1. The van der Waals surface area contributed by atoms with Crippen molar-refractivity contribution in [2.24, 2.45) is 0 Å². The highest BCUT2D eigenvalue weighted by molar-refractivity contribution is 7.10. The van der Waals surface area contributed by atoms with Gasteiger partial charge in [0.15, 0.2) is 0 Å². The fourth-order valence-corrected chi connectivity index (χ4v) is 2.82. The molecule has 3 aromatic heterocycles. The largest absolute Gasteiger partial charge is 0.457 e. The van der Waals surface area contributed by atoms with Crippen molar-refractivity contribution in [3.63, 3.8) is 0 Å². The lowest BCUT2D eigenvalue weighted by Gasteiger charge is -2.07. The number of carbonyl (C=O) groups excluding carboxylic acids is 1. The quantitative estimate of drug-likeness (QED) is 0.724. The minimum absolute atomic E-state index is 0.168. The second kappa shape index (κ2) is 6.57. The molecule has 0 atom stereocenters. The van der Waals surface area contributed by atoms with Crippen molar-refractivity contribution in [1.82, 2.24) is 18.9 Å². The van der Waals surface area contributed by atoms with E-state index >= 15 is 0 Å². The molecule has 8 heteroatoms. The molecule has 0 aliphatic rings. The van der Waals surface area contributed by atoms with Crippen LogP contribution in [0.25, 0.3) is 5.82 Å². The Labute approximate surface area is 137 Å². The highest BCUT2D eigenvalue weighted by atomic mass is 32.1. The lowest BCUT2D eigenvalue weighted by atomic mass is 10.2. The molecular formula is C15H15N5O2S. The third-order valence-corrected chi connectivity index (χ3v) is 4.20. The van der Waals surface area contributed by atoms with Gasteiger partial charge in [-0.1, -0.05) is 0 Å². The van der Waals surface area contributed by atoms with Crippen molar-refractivity contribution in [2.75, 3.05) is 12.4 Å². The molecule has 3 heterocycles. The first-order valence-corrected chi connectivity index (χ1v) is 7.71. The molecule has 3 rings (SSSR count). The zero-order chi connectivity index (χ0) is 16.2. The summed E-state index contributed by atoms with van der Waals surface area (Å²) in [6.07, 6.45) is 6.82. The van der Waals surface area contributed by atoms with Gasteiger partial charge in [-0.05, 0) is 36.2 Å². The molecule has 0 amide bonds. The minimum atomic E-state index is -0.387. The summed E-state index contributed by atoms with van der Waals surface area (Å²) in [5, 5.41) is 3.67. The second-order valence-corrected chi connectivity index (χ2v) is 5.56. The number of imidazole rings is 1. The molecule has 0 spiro atoms. The van der Waals surface area contributed by atoms with Gasteiger partial charge in [-0.3, -0.25) is 4.57 Å². The number of hydrogen-bond acceptors (Lipinski definition) is 7. The minimum Gasteiger partial charge on any atom is -0.457 e. The SMILES string of the molecule is CNc1snc(C)c1C(=O)OCc1ccnc(-n2ccnc2)c1. The van der Waals surface area contributed by atoms with Crippen LogP contribution in [0.2, 0.25) is 0 Å². The Hall–Kier alpha value is -2.74. The van der Waals surface area contributed by atoms with Crippen LogP contribution < -0.4 is 5.32 Å². The predicted octanol–water partition coefficient (Wildman–Crippen LogP) is 2.43. The van der Waals surface area contributed by atoms with Gasteiger partial charge in [-0.15, -0.1) is 0 Å². The van der Waals surface area contributed by atoms with Crippen LogP contribution in [0.4, 0.5) is 5.00 Å². The van der Waals surface area contributed by atoms with E-state index in [4.69, 9.17) is 4.74 Å². The van der Waals surface area contributed by atoms with E-state index in [0.717, 1.165) is 11.4 Å². The van der Waals surface area contributed by atoms with Crippen molar-refractivity contribution in [3.8, 4) is 5.82 Å². The van der Waals surface area contributed by atoms with Crippen LogP contribution in [-0.4, -0.2) is 31.9 Å². The number of ether oxygens (including phenoxy) is 1. The van der Waals surface area contributed by atoms with E-state index in [1.165, 1.54) is 11.5 Å².